The number of ketones is 1. The summed E-state index contributed by atoms with van der Waals surface area (Å²) >= 11 is 0. The van der Waals surface area contributed by atoms with E-state index in [9.17, 15) is 9.59 Å². The lowest BCUT2D eigenvalue weighted by atomic mass is 10.0. The van der Waals surface area contributed by atoms with Crippen molar-refractivity contribution in [1.82, 2.24) is 19.4 Å². The van der Waals surface area contributed by atoms with E-state index in [0.29, 0.717) is 6.54 Å². The quantitative estimate of drug-likeness (QED) is 0.524. The van der Waals surface area contributed by atoms with Gasteiger partial charge in [-0.2, -0.15) is 0 Å². The second-order valence-electron chi connectivity index (χ2n) is 7.92. The molecule has 0 saturated carbocycles. The number of fused-ring (bicyclic) bond motifs is 2. The summed E-state index contributed by atoms with van der Waals surface area (Å²) in [6, 6.07) is 15.9. The predicted molar refractivity (Wildman–Crippen MR) is 115 cm³/mol. The molecule has 0 bridgehead atoms. The standard InChI is InChI=1S/C23H24N4O2/c1-15-22(17-6-2-3-7-18(17)24-15)21(28)14-26-12-10-16(11-13-26)27-20-9-5-4-8-19(20)25-23(27)29/h2-9,16,24H,10-14H2,1H3,(H,25,29). The van der Waals surface area contributed by atoms with Crippen LogP contribution in [0.3, 0.4) is 0 Å². The Balaban J connectivity index is 1.31. The van der Waals surface area contributed by atoms with Gasteiger partial charge in [0.25, 0.3) is 0 Å². The van der Waals surface area contributed by atoms with Crippen LogP contribution in [0.1, 0.15) is 34.9 Å². The maximum Gasteiger partial charge on any atom is 0.326 e. The van der Waals surface area contributed by atoms with Gasteiger partial charge in [0.15, 0.2) is 5.78 Å². The fourth-order valence-electron chi connectivity index (χ4n) is 4.69. The summed E-state index contributed by atoms with van der Waals surface area (Å²) in [6.07, 6.45) is 1.73. The lowest BCUT2D eigenvalue weighted by Crippen LogP contribution is -2.39. The zero-order chi connectivity index (χ0) is 20.0. The third-order valence-electron chi connectivity index (χ3n) is 6.09. The van der Waals surface area contributed by atoms with Gasteiger partial charge in [-0.15, -0.1) is 0 Å². The van der Waals surface area contributed by atoms with Crippen molar-refractivity contribution in [1.29, 1.82) is 0 Å². The Morgan fingerprint density at radius 2 is 1.69 bits per heavy atom. The summed E-state index contributed by atoms with van der Waals surface area (Å²) in [6.45, 7) is 3.99. The number of nitrogens with zero attached hydrogens (tertiary/aromatic N) is 2. The molecular formula is C23H24N4O2. The number of imidazole rings is 1. The Kier molecular flexibility index (Phi) is 4.36. The van der Waals surface area contributed by atoms with E-state index in [2.05, 4.69) is 14.9 Å². The number of likely N-dealkylation sites (tertiary alicyclic amines) is 1. The number of aromatic amines is 2. The van der Waals surface area contributed by atoms with Crippen LogP contribution in [0.25, 0.3) is 21.9 Å². The van der Waals surface area contributed by atoms with Crippen LogP contribution in [0.2, 0.25) is 0 Å². The molecule has 1 aliphatic heterocycles. The van der Waals surface area contributed by atoms with Crippen molar-refractivity contribution in [3.8, 4) is 0 Å². The van der Waals surface area contributed by atoms with Gasteiger partial charge < -0.3 is 9.97 Å². The highest BCUT2D eigenvalue weighted by molar-refractivity contribution is 6.10. The first-order chi connectivity index (χ1) is 14.1. The van der Waals surface area contributed by atoms with Crippen LogP contribution in [0, 0.1) is 6.92 Å². The number of piperidine rings is 1. The summed E-state index contributed by atoms with van der Waals surface area (Å²) in [4.78, 5) is 33.9. The van der Waals surface area contributed by atoms with Crippen LogP contribution in [-0.2, 0) is 0 Å². The van der Waals surface area contributed by atoms with Crippen LogP contribution < -0.4 is 5.69 Å². The first-order valence-corrected chi connectivity index (χ1v) is 10.1. The number of H-pyrrole nitrogens is 2. The van der Waals surface area contributed by atoms with Crippen molar-refractivity contribution in [3.05, 3.63) is 70.3 Å². The number of benzene rings is 2. The topological polar surface area (TPSA) is 73.9 Å². The number of carbonyl (C=O) groups is 1. The van der Waals surface area contributed by atoms with Crippen LogP contribution in [0.4, 0.5) is 0 Å². The number of carbonyl (C=O) groups excluding carboxylic acids is 1. The maximum atomic E-state index is 13.0. The summed E-state index contributed by atoms with van der Waals surface area (Å²) in [5.74, 6) is 0.155. The first kappa shape index (κ1) is 17.9. The van der Waals surface area contributed by atoms with Gasteiger partial charge in [0.05, 0.1) is 17.6 Å². The van der Waals surface area contributed by atoms with Gasteiger partial charge in [0.1, 0.15) is 0 Å². The molecule has 0 amide bonds. The van der Waals surface area contributed by atoms with Crippen molar-refractivity contribution in [2.75, 3.05) is 19.6 Å². The summed E-state index contributed by atoms with van der Waals surface area (Å²) in [5.41, 5.74) is 4.53. The van der Waals surface area contributed by atoms with Gasteiger partial charge in [0.2, 0.25) is 0 Å². The van der Waals surface area contributed by atoms with Crippen LogP contribution >= 0.6 is 0 Å². The second kappa shape index (κ2) is 7.04. The van der Waals surface area contributed by atoms with E-state index in [0.717, 1.165) is 59.1 Å². The monoisotopic (exact) mass is 388 g/mol. The number of hydrogen-bond donors (Lipinski definition) is 2. The molecule has 2 N–H and O–H groups in total. The number of Topliss-reactive ketones (excluding diaryl/α,β-unsaturated/α-hetero) is 1. The van der Waals surface area contributed by atoms with Crippen molar-refractivity contribution < 1.29 is 4.79 Å². The van der Waals surface area contributed by atoms with E-state index >= 15 is 0 Å². The SMILES string of the molecule is Cc1[nH]c2ccccc2c1C(=O)CN1CCC(n2c(=O)[nH]c3ccccc32)CC1. The van der Waals surface area contributed by atoms with Crippen molar-refractivity contribution in [3.63, 3.8) is 0 Å². The Hall–Kier alpha value is -3.12. The Bertz CT molecular complexity index is 1250. The molecule has 1 aliphatic rings. The molecule has 5 rings (SSSR count). The minimum absolute atomic E-state index is 0.0462. The van der Waals surface area contributed by atoms with E-state index in [-0.39, 0.29) is 17.5 Å². The zero-order valence-electron chi connectivity index (χ0n) is 16.4. The van der Waals surface area contributed by atoms with Gasteiger partial charge in [-0.1, -0.05) is 30.3 Å². The van der Waals surface area contributed by atoms with Crippen molar-refractivity contribution >= 4 is 27.7 Å². The van der Waals surface area contributed by atoms with Gasteiger partial charge >= 0.3 is 5.69 Å². The van der Waals surface area contributed by atoms with Gasteiger partial charge in [-0.25, -0.2) is 4.79 Å². The predicted octanol–water partition coefficient (Wildman–Crippen LogP) is 3.64. The molecule has 6 heteroatoms. The molecule has 29 heavy (non-hydrogen) atoms. The molecular weight excluding hydrogens is 364 g/mol. The fourth-order valence-corrected chi connectivity index (χ4v) is 4.69. The van der Waals surface area contributed by atoms with Gasteiger partial charge in [0, 0.05) is 41.3 Å². The lowest BCUT2D eigenvalue weighted by Gasteiger charge is -2.32. The highest BCUT2D eigenvalue weighted by Gasteiger charge is 2.26. The molecule has 1 fully saturated rings. The Morgan fingerprint density at radius 1 is 1.00 bits per heavy atom. The van der Waals surface area contributed by atoms with Gasteiger partial charge in [-0.3, -0.25) is 14.3 Å². The van der Waals surface area contributed by atoms with Crippen LogP contribution in [-0.4, -0.2) is 44.9 Å². The lowest BCUT2D eigenvalue weighted by molar-refractivity contribution is 0.0899. The molecule has 2 aromatic heterocycles. The van der Waals surface area contributed by atoms with Crippen LogP contribution in [0.15, 0.2) is 53.3 Å². The summed E-state index contributed by atoms with van der Waals surface area (Å²) < 4.78 is 1.89. The van der Waals surface area contributed by atoms with E-state index in [1.165, 1.54) is 0 Å². The van der Waals surface area contributed by atoms with E-state index in [1.807, 2.05) is 60.0 Å². The highest BCUT2D eigenvalue weighted by atomic mass is 16.1. The Labute approximate surface area is 168 Å². The fraction of sp³-hybridized carbons (Fsp3) is 0.304. The van der Waals surface area contributed by atoms with E-state index in [1.54, 1.807) is 0 Å². The molecule has 4 aromatic rings. The summed E-state index contributed by atoms with van der Waals surface area (Å²) in [5, 5.41) is 0.996. The average molecular weight is 388 g/mol. The largest absolute Gasteiger partial charge is 0.358 e. The number of aryl methyl sites for hydroxylation is 1. The first-order valence-electron chi connectivity index (χ1n) is 10.1. The molecule has 6 nitrogen and oxygen atoms in total. The van der Waals surface area contributed by atoms with Crippen molar-refractivity contribution in [2.24, 2.45) is 0 Å². The number of rotatable bonds is 4. The van der Waals surface area contributed by atoms with E-state index < -0.39 is 0 Å². The second-order valence-corrected chi connectivity index (χ2v) is 7.92. The minimum atomic E-state index is -0.0462. The van der Waals surface area contributed by atoms with Crippen LogP contribution in [0.5, 0.6) is 0 Å². The minimum Gasteiger partial charge on any atom is -0.358 e. The van der Waals surface area contributed by atoms with Crippen molar-refractivity contribution in [2.45, 2.75) is 25.8 Å². The molecule has 0 aliphatic carbocycles. The Morgan fingerprint density at radius 3 is 2.48 bits per heavy atom. The number of aromatic nitrogens is 3. The zero-order valence-corrected chi connectivity index (χ0v) is 16.4. The number of hydrogen-bond acceptors (Lipinski definition) is 3. The molecule has 1 saturated heterocycles. The number of nitrogens with one attached hydrogen (secondary N) is 2. The highest BCUT2D eigenvalue weighted by Crippen LogP contribution is 2.26. The average Bonchev–Trinajstić information content (AvgIpc) is 3.23. The molecule has 0 unspecified atom stereocenters. The summed E-state index contributed by atoms with van der Waals surface area (Å²) in [7, 11) is 0. The van der Waals surface area contributed by atoms with E-state index in [4.69, 9.17) is 0 Å². The molecule has 3 heterocycles. The molecule has 0 radical (unpaired) electrons. The van der Waals surface area contributed by atoms with Gasteiger partial charge in [-0.05, 0) is 38.0 Å². The smallest absolute Gasteiger partial charge is 0.326 e. The third kappa shape index (κ3) is 3.09. The number of para-hydroxylation sites is 3. The maximum absolute atomic E-state index is 13.0. The molecule has 0 atom stereocenters. The molecule has 0 spiro atoms. The third-order valence-corrected chi connectivity index (χ3v) is 6.09. The molecule has 2 aromatic carbocycles. The normalized spacial score (nSPS) is 16.0. The molecule has 148 valence electrons.